The zero-order valence-corrected chi connectivity index (χ0v) is 8.18. The van der Waals surface area contributed by atoms with Crippen LogP contribution in [0.2, 0.25) is 0 Å². The monoisotopic (exact) mass is 167 g/mol. The van der Waals surface area contributed by atoms with E-state index in [1.807, 2.05) is 0 Å². The highest BCUT2D eigenvalue weighted by Gasteiger charge is 2.10. The lowest BCUT2D eigenvalue weighted by atomic mass is 9.92. The predicted molar refractivity (Wildman–Crippen MR) is 54.1 cm³/mol. The van der Waals surface area contributed by atoms with E-state index in [9.17, 15) is 0 Å². The Labute approximate surface area is 76.0 Å². The maximum Gasteiger partial charge on any atom is 0.0253 e. The Bertz CT molecular complexity index is 149. The molecule has 0 aromatic rings. The van der Waals surface area contributed by atoms with Crippen molar-refractivity contribution in [2.75, 3.05) is 0 Å². The Kier molecular flexibility index (Phi) is 4.37. The van der Waals surface area contributed by atoms with Crippen LogP contribution in [0.25, 0.3) is 0 Å². The SMILES string of the molecule is CCCCC(N)C1=CCCCC1. The van der Waals surface area contributed by atoms with Gasteiger partial charge in [0, 0.05) is 6.04 Å². The van der Waals surface area contributed by atoms with Gasteiger partial charge in [-0.25, -0.2) is 0 Å². The first-order valence-electron chi connectivity index (χ1n) is 5.29. The highest BCUT2D eigenvalue weighted by Crippen LogP contribution is 2.21. The molecule has 1 nitrogen and oxygen atoms in total. The van der Waals surface area contributed by atoms with Gasteiger partial charge in [0.2, 0.25) is 0 Å². The van der Waals surface area contributed by atoms with Crippen molar-refractivity contribution >= 4 is 0 Å². The largest absolute Gasteiger partial charge is 0.324 e. The molecule has 1 unspecified atom stereocenters. The van der Waals surface area contributed by atoms with Crippen LogP contribution in [0.3, 0.4) is 0 Å². The Hall–Kier alpha value is -0.300. The van der Waals surface area contributed by atoms with Crippen molar-refractivity contribution in [3.05, 3.63) is 11.6 Å². The van der Waals surface area contributed by atoms with E-state index >= 15 is 0 Å². The molecule has 12 heavy (non-hydrogen) atoms. The van der Waals surface area contributed by atoms with Crippen LogP contribution in [0.5, 0.6) is 0 Å². The van der Waals surface area contributed by atoms with E-state index in [1.54, 1.807) is 0 Å². The van der Waals surface area contributed by atoms with Crippen molar-refractivity contribution in [2.24, 2.45) is 5.73 Å². The van der Waals surface area contributed by atoms with Crippen molar-refractivity contribution in [3.63, 3.8) is 0 Å². The molecule has 0 aromatic carbocycles. The molecule has 1 aliphatic rings. The molecule has 0 fully saturated rings. The Balaban J connectivity index is 2.29. The first-order valence-corrected chi connectivity index (χ1v) is 5.29. The fourth-order valence-electron chi connectivity index (χ4n) is 1.81. The molecular weight excluding hydrogens is 146 g/mol. The Morgan fingerprint density at radius 3 is 2.92 bits per heavy atom. The molecule has 70 valence electrons. The van der Waals surface area contributed by atoms with E-state index in [0.717, 1.165) is 0 Å². The molecule has 0 spiro atoms. The van der Waals surface area contributed by atoms with Gasteiger partial charge in [-0.2, -0.15) is 0 Å². The molecule has 2 N–H and O–H groups in total. The van der Waals surface area contributed by atoms with Gasteiger partial charge in [0.25, 0.3) is 0 Å². The van der Waals surface area contributed by atoms with Crippen LogP contribution in [-0.2, 0) is 0 Å². The first kappa shape index (κ1) is 9.79. The second kappa shape index (κ2) is 5.36. The van der Waals surface area contributed by atoms with Gasteiger partial charge < -0.3 is 5.73 Å². The van der Waals surface area contributed by atoms with Crippen LogP contribution < -0.4 is 5.73 Å². The van der Waals surface area contributed by atoms with Crippen LogP contribution in [0.15, 0.2) is 11.6 Å². The van der Waals surface area contributed by atoms with E-state index in [1.165, 1.54) is 50.5 Å². The third kappa shape index (κ3) is 2.98. The average molecular weight is 167 g/mol. The van der Waals surface area contributed by atoms with Crippen LogP contribution >= 0.6 is 0 Å². The van der Waals surface area contributed by atoms with E-state index < -0.39 is 0 Å². The van der Waals surface area contributed by atoms with Gasteiger partial charge in [0.1, 0.15) is 0 Å². The molecule has 0 aliphatic heterocycles. The fraction of sp³-hybridized carbons (Fsp3) is 0.818. The zero-order valence-electron chi connectivity index (χ0n) is 8.18. The summed E-state index contributed by atoms with van der Waals surface area (Å²) in [5.41, 5.74) is 7.59. The molecule has 0 bridgehead atoms. The normalized spacial score (nSPS) is 20.3. The van der Waals surface area contributed by atoms with Crippen molar-refractivity contribution in [1.29, 1.82) is 0 Å². The van der Waals surface area contributed by atoms with Crippen molar-refractivity contribution < 1.29 is 0 Å². The van der Waals surface area contributed by atoms with E-state index in [2.05, 4.69) is 13.0 Å². The minimum Gasteiger partial charge on any atom is -0.324 e. The van der Waals surface area contributed by atoms with Crippen LogP contribution in [0.4, 0.5) is 0 Å². The molecule has 0 heterocycles. The van der Waals surface area contributed by atoms with E-state index in [-0.39, 0.29) is 0 Å². The van der Waals surface area contributed by atoms with Gasteiger partial charge in [-0.05, 0) is 32.1 Å². The molecule has 0 amide bonds. The summed E-state index contributed by atoms with van der Waals surface area (Å²) in [5.74, 6) is 0. The maximum absolute atomic E-state index is 6.07. The molecule has 0 saturated heterocycles. The zero-order chi connectivity index (χ0) is 8.81. The van der Waals surface area contributed by atoms with Crippen molar-refractivity contribution in [1.82, 2.24) is 0 Å². The standard InChI is InChI=1S/C11H21N/c1-2-3-9-11(12)10-7-5-4-6-8-10/h7,11H,2-6,8-9,12H2,1H3. The minimum absolute atomic E-state index is 0.366. The van der Waals surface area contributed by atoms with Crippen LogP contribution in [-0.4, -0.2) is 6.04 Å². The Morgan fingerprint density at radius 1 is 1.50 bits per heavy atom. The average Bonchev–Trinajstić information content (AvgIpc) is 2.15. The van der Waals surface area contributed by atoms with Crippen LogP contribution in [0, 0.1) is 0 Å². The third-order valence-corrected chi connectivity index (χ3v) is 2.67. The van der Waals surface area contributed by atoms with E-state index in [0.29, 0.717) is 6.04 Å². The third-order valence-electron chi connectivity index (χ3n) is 2.67. The van der Waals surface area contributed by atoms with Crippen molar-refractivity contribution in [2.45, 2.75) is 57.9 Å². The lowest BCUT2D eigenvalue weighted by Gasteiger charge is -2.19. The summed E-state index contributed by atoms with van der Waals surface area (Å²) < 4.78 is 0. The van der Waals surface area contributed by atoms with Crippen molar-refractivity contribution in [3.8, 4) is 0 Å². The summed E-state index contributed by atoms with van der Waals surface area (Å²) in [7, 11) is 0. The number of rotatable bonds is 4. The summed E-state index contributed by atoms with van der Waals surface area (Å²) in [6.45, 7) is 2.22. The predicted octanol–water partition coefficient (Wildman–Crippen LogP) is 3.00. The lowest BCUT2D eigenvalue weighted by Crippen LogP contribution is -2.23. The summed E-state index contributed by atoms with van der Waals surface area (Å²) in [5, 5.41) is 0. The van der Waals surface area contributed by atoms with Gasteiger partial charge in [-0.15, -0.1) is 0 Å². The van der Waals surface area contributed by atoms with Gasteiger partial charge in [-0.1, -0.05) is 31.4 Å². The number of allylic oxidation sites excluding steroid dienone is 1. The second-order valence-corrected chi connectivity index (χ2v) is 3.77. The molecule has 0 aromatic heterocycles. The van der Waals surface area contributed by atoms with Gasteiger partial charge in [0.05, 0.1) is 0 Å². The Morgan fingerprint density at radius 2 is 2.33 bits per heavy atom. The molecule has 0 radical (unpaired) electrons. The number of nitrogens with two attached hydrogens (primary N) is 1. The highest BCUT2D eigenvalue weighted by atomic mass is 14.6. The summed E-state index contributed by atoms with van der Waals surface area (Å²) in [6, 6.07) is 0.366. The quantitative estimate of drug-likeness (QED) is 0.640. The molecular formula is C11H21N. The molecule has 1 aliphatic carbocycles. The smallest absolute Gasteiger partial charge is 0.0253 e. The van der Waals surface area contributed by atoms with E-state index in [4.69, 9.17) is 5.73 Å². The van der Waals surface area contributed by atoms with Crippen LogP contribution in [0.1, 0.15) is 51.9 Å². The summed E-state index contributed by atoms with van der Waals surface area (Å²) in [4.78, 5) is 0. The van der Waals surface area contributed by atoms with Gasteiger partial charge >= 0.3 is 0 Å². The second-order valence-electron chi connectivity index (χ2n) is 3.77. The molecule has 0 saturated carbocycles. The first-order chi connectivity index (χ1) is 5.84. The number of hydrogen-bond acceptors (Lipinski definition) is 1. The number of unbranched alkanes of at least 4 members (excludes halogenated alkanes) is 1. The minimum atomic E-state index is 0.366. The molecule has 1 rings (SSSR count). The van der Waals surface area contributed by atoms with Gasteiger partial charge in [0.15, 0.2) is 0 Å². The topological polar surface area (TPSA) is 26.0 Å². The molecule has 1 atom stereocenters. The fourth-order valence-corrected chi connectivity index (χ4v) is 1.81. The molecule has 1 heteroatoms. The highest BCUT2D eigenvalue weighted by molar-refractivity contribution is 5.11. The summed E-state index contributed by atoms with van der Waals surface area (Å²) in [6.07, 6.45) is 11.3. The lowest BCUT2D eigenvalue weighted by molar-refractivity contribution is 0.580. The summed E-state index contributed by atoms with van der Waals surface area (Å²) >= 11 is 0. The number of hydrogen-bond donors (Lipinski definition) is 1. The maximum atomic E-state index is 6.07. The van der Waals surface area contributed by atoms with Gasteiger partial charge in [-0.3, -0.25) is 0 Å².